The van der Waals surface area contributed by atoms with Gasteiger partial charge in [-0.2, -0.15) is 0 Å². The van der Waals surface area contributed by atoms with E-state index in [1.165, 1.54) is 0 Å². The van der Waals surface area contributed by atoms with Crippen LogP contribution in [0.2, 0.25) is 0 Å². The van der Waals surface area contributed by atoms with Gasteiger partial charge in [0.05, 0.1) is 0 Å². The number of hydrogen-bond acceptors (Lipinski definition) is 2. The average Bonchev–Trinajstić information content (AvgIpc) is 2.34. The van der Waals surface area contributed by atoms with Crippen LogP contribution in [0.3, 0.4) is 0 Å². The number of aliphatic carboxylic acids is 2. The second-order valence-electron chi connectivity index (χ2n) is 5.89. The number of carbonyl (C=O) groups is 2. The van der Waals surface area contributed by atoms with Gasteiger partial charge in [0.1, 0.15) is 0 Å². The Morgan fingerprint density at radius 2 is 1.55 bits per heavy atom. The molecule has 0 aliphatic rings. The van der Waals surface area contributed by atoms with E-state index in [4.69, 9.17) is 0 Å². The standard InChI is InChI=1S/C16H20O4/c1-5-11-6-8-12(9-7-11)10-16(13(17)18,14(19)20)15(2,3)4/h5-9H,1,10H2,2-4H3,(H,17,18)(H,19,20). The van der Waals surface area contributed by atoms with Gasteiger partial charge in [-0.1, -0.05) is 57.7 Å². The molecule has 0 unspecified atom stereocenters. The van der Waals surface area contributed by atoms with Crippen LogP contribution in [0.25, 0.3) is 6.08 Å². The third kappa shape index (κ3) is 2.74. The highest BCUT2D eigenvalue weighted by molar-refractivity contribution is 5.99. The Morgan fingerprint density at radius 3 is 1.85 bits per heavy atom. The van der Waals surface area contributed by atoms with Gasteiger partial charge >= 0.3 is 11.9 Å². The smallest absolute Gasteiger partial charge is 0.321 e. The van der Waals surface area contributed by atoms with E-state index in [1.807, 2.05) is 0 Å². The fourth-order valence-electron chi connectivity index (χ4n) is 2.23. The summed E-state index contributed by atoms with van der Waals surface area (Å²) in [6, 6.07) is 7.06. The second kappa shape index (κ2) is 5.49. The van der Waals surface area contributed by atoms with Gasteiger partial charge in [-0.3, -0.25) is 9.59 Å². The van der Waals surface area contributed by atoms with Crippen molar-refractivity contribution in [2.75, 3.05) is 0 Å². The maximum absolute atomic E-state index is 11.6. The van der Waals surface area contributed by atoms with Crippen molar-refractivity contribution in [2.24, 2.45) is 10.8 Å². The van der Waals surface area contributed by atoms with Gasteiger partial charge in [0.2, 0.25) is 0 Å². The minimum absolute atomic E-state index is 0.0570. The quantitative estimate of drug-likeness (QED) is 0.810. The summed E-state index contributed by atoms with van der Waals surface area (Å²) in [5.41, 5.74) is -1.19. The number of carboxylic acid groups (broad SMARTS) is 2. The SMILES string of the molecule is C=Cc1ccc(CC(C(=O)O)(C(=O)O)C(C)(C)C)cc1. The minimum Gasteiger partial charge on any atom is -0.480 e. The Morgan fingerprint density at radius 1 is 1.10 bits per heavy atom. The van der Waals surface area contributed by atoms with Gasteiger partial charge in [-0.05, 0) is 23.0 Å². The van der Waals surface area contributed by atoms with Crippen LogP contribution in [0.5, 0.6) is 0 Å². The van der Waals surface area contributed by atoms with Crippen LogP contribution in [-0.4, -0.2) is 22.2 Å². The first kappa shape index (κ1) is 16.0. The highest BCUT2D eigenvalue weighted by Gasteiger charge is 2.55. The zero-order valence-corrected chi connectivity index (χ0v) is 12.0. The third-order valence-corrected chi connectivity index (χ3v) is 3.70. The lowest BCUT2D eigenvalue weighted by atomic mass is 9.63. The summed E-state index contributed by atoms with van der Waals surface area (Å²) in [5.74, 6) is -2.63. The maximum Gasteiger partial charge on any atom is 0.321 e. The van der Waals surface area contributed by atoms with E-state index in [9.17, 15) is 19.8 Å². The first-order chi connectivity index (χ1) is 9.15. The van der Waals surface area contributed by atoms with Crippen LogP contribution in [-0.2, 0) is 16.0 Å². The molecule has 0 aromatic heterocycles. The predicted octanol–water partition coefficient (Wildman–Crippen LogP) is 3.07. The molecular formula is C16H20O4. The first-order valence-corrected chi connectivity index (χ1v) is 6.33. The average molecular weight is 276 g/mol. The monoisotopic (exact) mass is 276 g/mol. The number of benzene rings is 1. The molecule has 0 bridgehead atoms. The van der Waals surface area contributed by atoms with Crippen molar-refractivity contribution in [3.63, 3.8) is 0 Å². The molecule has 0 aliphatic heterocycles. The minimum atomic E-state index is -1.86. The van der Waals surface area contributed by atoms with Gasteiger partial charge in [0.25, 0.3) is 0 Å². The molecule has 0 spiro atoms. The molecule has 0 saturated carbocycles. The fraction of sp³-hybridized carbons (Fsp3) is 0.375. The Kier molecular flexibility index (Phi) is 4.38. The number of rotatable bonds is 5. The van der Waals surface area contributed by atoms with Gasteiger partial charge in [0, 0.05) is 0 Å². The summed E-state index contributed by atoms with van der Waals surface area (Å²) in [6.07, 6.45) is 1.62. The fourth-order valence-corrected chi connectivity index (χ4v) is 2.23. The lowest BCUT2D eigenvalue weighted by Gasteiger charge is -2.37. The van der Waals surface area contributed by atoms with Crippen molar-refractivity contribution in [2.45, 2.75) is 27.2 Å². The Balaban J connectivity index is 3.28. The summed E-state index contributed by atoms with van der Waals surface area (Å²) in [5, 5.41) is 19.0. The zero-order chi connectivity index (χ0) is 15.6. The molecule has 108 valence electrons. The molecule has 4 nitrogen and oxygen atoms in total. The molecule has 0 heterocycles. The molecule has 4 heteroatoms. The predicted molar refractivity (Wildman–Crippen MR) is 77.4 cm³/mol. The molecule has 1 aromatic rings. The van der Waals surface area contributed by atoms with E-state index in [2.05, 4.69) is 6.58 Å². The largest absolute Gasteiger partial charge is 0.480 e. The summed E-state index contributed by atoms with van der Waals surface area (Å²) in [4.78, 5) is 23.3. The third-order valence-electron chi connectivity index (χ3n) is 3.70. The van der Waals surface area contributed by atoms with Crippen molar-refractivity contribution in [3.05, 3.63) is 42.0 Å². The topological polar surface area (TPSA) is 74.6 Å². The number of hydrogen-bond donors (Lipinski definition) is 2. The molecular weight excluding hydrogens is 256 g/mol. The normalized spacial score (nSPS) is 11.9. The van der Waals surface area contributed by atoms with E-state index in [0.29, 0.717) is 5.56 Å². The molecule has 2 N–H and O–H groups in total. The zero-order valence-electron chi connectivity index (χ0n) is 12.0. The van der Waals surface area contributed by atoms with Crippen LogP contribution < -0.4 is 0 Å². The Bertz CT molecular complexity index is 506. The lowest BCUT2D eigenvalue weighted by molar-refractivity contribution is -0.173. The van der Waals surface area contributed by atoms with Crippen molar-refractivity contribution >= 4 is 18.0 Å². The summed E-state index contributed by atoms with van der Waals surface area (Å²) in [6.45, 7) is 8.54. The Labute approximate surface area is 118 Å². The molecule has 0 radical (unpaired) electrons. The molecule has 0 aliphatic carbocycles. The number of carboxylic acids is 2. The Hall–Kier alpha value is -2.10. The van der Waals surface area contributed by atoms with E-state index in [-0.39, 0.29) is 6.42 Å². The van der Waals surface area contributed by atoms with Crippen molar-refractivity contribution < 1.29 is 19.8 Å². The molecule has 0 fully saturated rings. The van der Waals surface area contributed by atoms with Crippen molar-refractivity contribution in [3.8, 4) is 0 Å². The van der Waals surface area contributed by atoms with Crippen LogP contribution in [0.15, 0.2) is 30.8 Å². The molecule has 20 heavy (non-hydrogen) atoms. The van der Waals surface area contributed by atoms with Gasteiger partial charge in [0.15, 0.2) is 5.41 Å². The van der Waals surface area contributed by atoms with Crippen molar-refractivity contribution in [1.82, 2.24) is 0 Å². The van der Waals surface area contributed by atoms with Crippen LogP contribution >= 0.6 is 0 Å². The maximum atomic E-state index is 11.6. The molecule has 0 atom stereocenters. The van der Waals surface area contributed by atoms with E-state index in [0.717, 1.165) is 5.56 Å². The van der Waals surface area contributed by atoms with E-state index in [1.54, 1.807) is 51.1 Å². The second-order valence-corrected chi connectivity index (χ2v) is 5.89. The summed E-state index contributed by atoms with van der Waals surface area (Å²) in [7, 11) is 0. The highest BCUT2D eigenvalue weighted by Crippen LogP contribution is 2.42. The van der Waals surface area contributed by atoms with Crippen LogP contribution in [0.1, 0.15) is 31.9 Å². The summed E-state index contributed by atoms with van der Waals surface area (Å²) < 4.78 is 0. The summed E-state index contributed by atoms with van der Waals surface area (Å²) >= 11 is 0. The molecule has 0 saturated heterocycles. The highest BCUT2D eigenvalue weighted by atomic mass is 16.4. The first-order valence-electron chi connectivity index (χ1n) is 6.33. The van der Waals surface area contributed by atoms with Crippen LogP contribution in [0.4, 0.5) is 0 Å². The molecule has 0 amide bonds. The molecule has 1 aromatic carbocycles. The van der Waals surface area contributed by atoms with Crippen LogP contribution in [0, 0.1) is 10.8 Å². The lowest BCUT2D eigenvalue weighted by Crippen LogP contribution is -2.51. The van der Waals surface area contributed by atoms with Gasteiger partial charge in [-0.15, -0.1) is 0 Å². The van der Waals surface area contributed by atoms with E-state index < -0.39 is 22.8 Å². The van der Waals surface area contributed by atoms with Gasteiger partial charge in [-0.25, -0.2) is 0 Å². The van der Waals surface area contributed by atoms with Crippen molar-refractivity contribution in [1.29, 1.82) is 0 Å². The van der Waals surface area contributed by atoms with Gasteiger partial charge < -0.3 is 10.2 Å². The molecule has 1 rings (SSSR count). The van der Waals surface area contributed by atoms with E-state index >= 15 is 0 Å².